The molecule has 0 spiro atoms. The molecule has 0 aliphatic heterocycles. The molecule has 16 heavy (non-hydrogen) atoms. The van der Waals surface area contributed by atoms with E-state index in [4.69, 9.17) is 23.2 Å². The van der Waals surface area contributed by atoms with Gasteiger partial charge in [0.15, 0.2) is 0 Å². The van der Waals surface area contributed by atoms with Gasteiger partial charge in [-0.05, 0) is 50.5 Å². The van der Waals surface area contributed by atoms with E-state index in [-0.39, 0.29) is 0 Å². The van der Waals surface area contributed by atoms with Gasteiger partial charge in [0.25, 0.3) is 0 Å². The van der Waals surface area contributed by atoms with Crippen LogP contribution in [0.15, 0.2) is 10.5 Å². The van der Waals surface area contributed by atoms with Crippen molar-refractivity contribution < 1.29 is 0 Å². The van der Waals surface area contributed by atoms with Gasteiger partial charge < -0.3 is 0 Å². The van der Waals surface area contributed by atoms with Crippen LogP contribution in [-0.4, -0.2) is 0 Å². The fraction of sp³-hybridized carbons (Fsp3) is 0.538. The number of hydrogen-bond donors (Lipinski definition) is 0. The van der Waals surface area contributed by atoms with Crippen molar-refractivity contribution in [2.75, 3.05) is 0 Å². The molecular formula is C13H17BrCl2. The van der Waals surface area contributed by atoms with E-state index in [0.717, 1.165) is 9.50 Å². The summed E-state index contributed by atoms with van der Waals surface area (Å²) in [5, 5.41) is 0.801. The summed E-state index contributed by atoms with van der Waals surface area (Å²) in [6.07, 6.45) is 0. The van der Waals surface area contributed by atoms with Crippen molar-refractivity contribution in [3.8, 4) is 0 Å². The van der Waals surface area contributed by atoms with Crippen molar-refractivity contribution in [3.05, 3.63) is 32.3 Å². The van der Waals surface area contributed by atoms with Gasteiger partial charge in [-0.25, -0.2) is 0 Å². The Labute approximate surface area is 116 Å². The molecular weight excluding hydrogens is 307 g/mol. The lowest BCUT2D eigenvalue weighted by atomic mass is 9.89. The molecule has 3 heteroatoms. The molecule has 0 amide bonds. The summed E-state index contributed by atoms with van der Waals surface area (Å²) in [6, 6.07) is 2.09. The summed E-state index contributed by atoms with van der Waals surface area (Å²) < 4.78 is 0.968. The number of rotatable bonds is 3. The maximum Gasteiger partial charge on any atom is 0.0586 e. The average molecular weight is 324 g/mol. The highest BCUT2D eigenvalue weighted by atomic mass is 79.9. The number of alkyl halides is 1. The first-order valence-corrected chi connectivity index (χ1v) is 7.17. The van der Waals surface area contributed by atoms with Gasteiger partial charge in [-0.3, -0.25) is 0 Å². The van der Waals surface area contributed by atoms with Crippen molar-refractivity contribution in [2.45, 2.75) is 45.4 Å². The minimum absolute atomic E-state index is 0.385. The van der Waals surface area contributed by atoms with Crippen LogP contribution in [0.4, 0.5) is 0 Å². The predicted octanol–water partition coefficient (Wildman–Crippen LogP) is 6.09. The monoisotopic (exact) mass is 322 g/mol. The van der Waals surface area contributed by atoms with Crippen molar-refractivity contribution in [2.24, 2.45) is 0 Å². The Balaban J connectivity index is 3.55. The van der Waals surface area contributed by atoms with E-state index < -0.39 is 0 Å². The molecule has 1 aromatic carbocycles. The maximum atomic E-state index is 6.34. The van der Waals surface area contributed by atoms with E-state index in [1.54, 1.807) is 0 Å². The molecule has 0 aliphatic rings. The molecule has 0 fully saturated rings. The van der Waals surface area contributed by atoms with E-state index in [1.165, 1.54) is 16.7 Å². The summed E-state index contributed by atoms with van der Waals surface area (Å²) in [4.78, 5) is 0. The Hall–Kier alpha value is 0.280. The predicted molar refractivity (Wildman–Crippen MR) is 76.9 cm³/mol. The van der Waals surface area contributed by atoms with Gasteiger partial charge in [0.2, 0.25) is 0 Å². The van der Waals surface area contributed by atoms with Gasteiger partial charge in [-0.2, -0.15) is 0 Å². The summed E-state index contributed by atoms with van der Waals surface area (Å²) >= 11 is 15.9. The van der Waals surface area contributed by atoms with Crippen molar-refractivity contribution in [3.63, 3.8) is 0 Å². The van der Waals surface area contributed by atoms with Gasteiger partial charge in [-0.15, -0.1) is 11.6 Å². The lowest BCUT2D eigenvalue weighted by Gasteiger charge is -2.20. The average Bonchev–Trinajstić information content (AvgIpc) is 2.20. The third kappa shape index (κ3) is 2.75. The Bertz CT molecular complexity index is 384. The van der Waals surface area contributed by atoms with Gasteiger partial charge in [0.1, 0.15) is 0 Å². The molecule has 0 atom stereocenters. The van der Waals surface area contributed by atoms with Crippen molar-refractivity contribution in [1.82, 2.24) is 0 Å². The largest absolute Gasteiger partial charge is 0.122 e. The molecule has 0 N–H and O–H groups in total. The van der Waals surface area contributed by atoms with Crippen LogP contribution < -0.4 is 0 Å². The molecule has 1 aromatic rings. The first kappa shape index (κ1) is 14.3. The molecule has 0 saturated carbocycles. The Morgan fingerprint density at radius 2 is 1.75 bits per heavy atom. The third-order valence-corrected chi connectivity index (χ3v) is 4.26. The lowest BCUT2D eigenvalue weighted by molar-refractivity contribution is 0.812. The first-order chi connectivity index (χ1) is 7.40. The van der Waals surface area contributed by atoms with Crippen LogP contribution in [-0.2, 0) is 5.88 Å². The van der Waals surface area contributed by atoms with E-state index in [0.29, 0.717) is 17.7 Å². The highest BCUT2D eigenvalue weighted by Gasteiger charge is 2.18. The number of benzene rings is 1. The number of halogens is 3. The highest BCUT2D eigenvalue weighted by molar-refractivity contribution is 9.10. The molecule has 0 bridgehead atoms. The molecule has 0 heterocycles. The second kappa shape index (κ2) is 5.75. The van der Waals surface area contributed by atoms with Crippen LogP contribution in [0.3, 0.4) is 0 Å². The van der Waals surface area contributed by atoms with E-state index in [2.05, 4.69) is 49.7 Å². The zero-order valence-corrected chi connectivity index (χ0v) is 13.2. The zero-order valence-electron chi connectivity index (χ0n) is 10.1. The fourth-order valence-electron chi connectivity index (χ4n) is 1.97. The molecule has 0 nitrogen and oxygen atoms in total. The normalized spacial score (nSPS) is 11.6. The van der Waals surface area contributed by atoms with E-state index in [1.807, 2.05) is 0 Å². The van der Waals surface area contributed by atoms with Crippen LogP contribution >= 0.6 is 39.1 Å². The van der Waals surface area contributed by atoms with Crippen LogP contribution in [0, 0.1) is 0 Å². The maximum absolute atomic E-state index is 6.34. The van der Waals surface area contributed by atoms with Crippen LogP contribution in [0.1, 0.15) is 56.2 Å². The van der Waals surface area contributed by atoms with Gasteiger partial charge >= 0.3 is 0 Å². The van der Waals surface area contributed by atoms with Crippen LogP contribution in [0.25, 0.3) is 0 Å². The highest BCUT2D eigenvalue weighted by Crippen LogP contribution is 2.39. The second-order valence-electron chi connectivity index (χ2n) is 4.60. The lowest BCUT2D eigenvalue weighted by Crippen LogP contribution is -2.03. The summed E-state index contributed by atoms with van der Waals surface area (Å²) in [7, 11) is 0. The first-order valence-electron chi connectivity index (χ1n) is 5.46. The van der Waals surface area contributed by atoms with Crippen molar-refractivity contribution in [1.29, 1.82) is 0 Å². The molecule has 1 rings (SSSR count). The molecule has 90 valence electrons. The molecule has 0 saturated heterocycles. The Kier molecular flexibility index (Phi) is 5.15. The van der Waals surface area contributed by atoms with Gasteiger partial charge in [-0.1, -0.05) is 39.3 Å². The second-order valence-corrected chi connectivity index (χ2v) is 6.10. The summed E-state index contributed by atoms with van der Waals surface area (Å²) in [5.74, 6) is 1.37. The summed E-state index contributed by atoms with van der Waals surface area (Å²) in [6.45, 7) is 8.65. The SMILES string of the molecule is CC(C)c1cc(Br)c(Cl)c(C(C)C)c1CCl. The molecule has 0 radical (unpaired) electrons. The minimum atomic E-state index is 0.385. The standard InChI is InChI=1S/C13H17BrCl2/c1-7(2)9-5-11(14)13(16)12(8(3)4)10(9)6-15/h5,7-8H,6H2,1-4H3. The fourth-order valence-corrected chi connectivity index (χ4v) is 3.12. The topological polar surface area (TPSA) is 0 Å². The molecule has 0 unspecified atom stereocenters. The van der Waals surface area contributed by atoms with Gasteiger partial charge in [0, 0.05) is 10.4 Å². The van der Waals surface area contributed by atoms with Gasteiger partial charge in [0.05, 0.1) is 5.02 Å². The van der Waals surface area contributed by atoms with Crippen LogP contribution in [0.5, 0.6) is 0 Å². The zero-order chi connectivity index (χ0) is 12.5. The summed E-state index contributed by atoms with van der Waals surface area (Å²) in [5.41, 5.74) is 3.66. The molecule has 0 aliphatic carbocycles. The quantitative estimate of drug-likeness (QED) is 0.590. The van der Waals surface area contributed by atoms with Crippen molar-refractivity contribution >= 4 is 39.1 Å². The van der Waals surface area contributed by atoms with Crippen LogP contribution in [0.2, 0.25) is 5.02 Å². The third-order valence-electron chi connectivity index (χ3n) is 2.73. The van der Waals surface area contributed by atoms with E-state index >= 15 is 0 Å². The Morgan fingerprint density at radius 3 is 2.12 bits per heavy atom. The minimum Gasteiger partial charge on any atom is -0.122 e. The molecule has 0 aromatic heterocycles. The smallest absolute Gasteiger partial charge is 0.0586 e. The number of hydrogen-bond acceptors (Lipinski definition) is 0. The van der Waals surface area contributed by atoms with E-state index in [9.17, 15) is 0 Å². The Morgan fingerprint density at radius 1 is 1.19 bits per heavy atom.